The fraction of sp³-hybridized carbons (Fsp3) is 0.647. The number of hydrogen-bond acceptors (Lipinski definition) is 1. The van der Waals surface area contributed by atoms with Gasteiger partial charge in [-0.3, -0.25) is 0 Å². The van der Waals surface area contributed by atoms with E-state index in [1.54, 1.807) is 0 Å². The Morgan fingerprint density at radius 2 is 1.83 bits per heavy atom. The van der Waals surface area contributed by atoms with Crippen LogP contribution in [0.4, 0.5) is 0 Å². The molecule has 18 heavy (non-hydrogen) atoms. The lowest BCUT2D eigenvalue weighted by Crippen LogP contribution is -2.38. The Kier molecular flexibility index (Phi) is 4.11. The third kappa shape index (κ3) is 3.58. The molecule has 1 unspecified atom stereocenters. The maximum Gasteiger partial charge on any atom is 0.00134 e. The summed E-state index contributed by atoms with van der Waals surface area (Å²) in [6, 6.07) is 9.65. The summed E-state index contributed by atoms with van der Waals surface area (Å²) in [5.74, 6) is 0.921. The molecule has 0 radical (unpaired) electrons. The van der Waals surface area contributed by atoms with Crippen LogP contribution in [0.15, 0.2) is 24.3 Å². The first-order valence-electron chi connectivity index (χ1n) is 7.28. The second-order valence-electron chi connectivity index (χ2n) is 6.63. The van der Waals surface area contributed by atoms with Gasteiger partial charge in [0.1, 0.15) is 0 Å². The van der Waals surface area contributed by atoms with E-state index in [9.17, 15) is 0 Å². The van der Waals surface area contributed by atoms with E-state index in [0.717, 1.165) is 12.5 Å². The zero-order valence-electron chi connectivity index (χ0n) is 12.3. The molecule has 0 heterocycles. The van der Waals surface area contributed by atoms with Crippen molar-refractivity contribution in [2.45, 2.75) is 53.0 Å². The molecular weight excluding hydrogens is 218 g/mol. The van der Waals surface area contributed by atoms with Gasteiger partial charge < -0.3 is 5.32 Å². The average Bonchev–Trinajstić information content (AvgIpc) is 3.14. The summed E-state index contributed by atoms with van der Waals surface area (Å²) in [5, 5.41) is 3.64. The second-order valence-corrected chi connectivity index (χ2v) is 6.63. The molecule has 1 N–H and O–H groups in total. The minimum atomic E-state index is 0.430. The molecule has 1 aromatic rings. The van der Waals surface area contributed by atoms with Crippen molar-refractivity contribution >= 4 is 0 Å². The predicted molar refractivity (Wildman–Crippen MR) is 78.9 cm³/mol. The summed E-state index contributed by atoms with van der Waals surface area (Å²) >= 11 is 0. The Morgan fingerprint density at radius 3 is 2.33 bits per heavy atom. The minimum absolute atomic E-state index is 0.430. The van der Waals surface area contributed by atoms with Gasteiger partial charge in [0.15, 0.2) is 0 Å². The second kappa shape index (κ2) is 5.44. The molecule has 0 amide bonds. The van der Waals surface area contributed by atoms with Crippen molar-refractivity contribution in [1.82, 2.24) is 5.32 Å². The molecule has 1 atom stereocenters. The van der Waals surface area contributed by atoms with Gasteiger partial charge in [0.2, 0.25) is 0 Å². The summed E-state index contributed by atoms with van der Waals surface area (Å²) in [6.45, 7) is 10.2. The standard InChI is InChI=1S/C17H27N/c1-13(2)18-12-17(4,16-9-10-16)11-15-7-5-14(3)6-8-15/h5-8,13,16,18H,9-12H2,1-4H3. The smallest absolute Gasteiger partial charge is 0.00134 e. The maximum atomic E-state index is 3.64. The third-order valence-corrected chi connectivity index (χ3v) is 4.21. The fourth-order valence-electron chi connectivity index (χ4n) is 2.74. The van der Waals surface area contributed by atoms with Gasteiger partial charge in [0, 0.05) is 12.6 Å². The molecule has 1 heteroatoms. The van der Waals surface area contributed by atoms with Crippen molar-refractivity contribution in [3.63, 3.8) is 0 Å². The number of benzene rings is 1. The number of aryl methyl sites for hydroxylation is 1. The van der Waals surface area contributed by atoms with Crippen molar-refractivity contribution < 1.29 is 0 Å². The molecule has 1 aliphatic rings. The van der Waals surface area contributed by atoms with Gasteiger partial charge in [0.25, 0.3) is 0 Å². The van der Waals surface area contributed by atoms with Crippen LogP contribution >= 0.6 is 0 Å². The Balaban J connectivity index is 2.03. The summed E-state index contributed by atoms with van der Waals surface area (Å²) in [4.78, 5) is 0. The highest BCUT2D eigenvalue weighted by atomic mass is 14.9. The SMILES string of the molecule is Cc1ccc(CC(C)(CNC(C)C)C2CC2)cc1. The predicted octanol–water partition coefficient (Wildman–Crippen LogP) is 3.95. The normalized spacial score (nSPS) is 18.9. The van der Waals surface area contributed by atoms with E-state index in [0.29, 0.717) is 11.5 Å². The van der Waals surface area contributed by atoms with Crippen molar-refractivity contribution in [3.05, 3.63) is 35.4 Å². The largest absolute Gasteiger partial charge is 0.314 e. The van der Waals surface area contributed by atoms with E-state index in [1.807, 2.05) is 0 Å². The lowest BCUT2D eigenvalue weighted by molar-refractivity contribution is 0.248. The molecule has 100 valence electrons. The molecule has 0 aliphatic heterocycles. The zero-order valence-corrected chi connectivity index (χ0v) is 12.3. The molecule has 2 rings (SSSR count). The Morgan fingerprint density at radius 1 is 1.22 bits per heavy atom. The summed E-state index contributed by atoms with van der Waals surface area (Å²) < 4.78 is 0. The molecule has 0 spiro atoms. The van der Waals surface area contributed by atoms with Crippen LogP contribution in [0.5, 0.6) is 0 Å². The van der Waals surface area contributed by atoms with Crippen LogP contribution in [0.25, 0.3) is 0 Å². The van der Waals surface area contributed by atoms with Gasteiger partial charge in [-0.1, -0.05) is 50.6 Å². The van der Waals surface area contributed by atoms with E-state index >= 15 is 0 Å². The van der Waals surface area contributed by atoms with E-state index in [2.05, 4.69) is 57.3 Å². The van der Waals surface area contributed by atoms with E-state index < -0.39 is 0 Å². The van der Waals surface area contributed by atoms with Crippen LogP contribution in [-0.4, -0.2) is 12.6 Å². The topological polar surface area (TPSA) is 12.0 Å². The van der Waals surface area contributed by atoms with Gasteiger partial charge in [-0.25, -0.2) is 0 Å². The lowest BCUT2D eigenvalue weighted by atomic mass is 9.78. The van der Waals surface area contributed by atoms with Crippen LogP contribution in [0.3, 0.4) is 0 Å². The van der Waals surface area contributed by atoms with Crippen molar-refractivity contribution in [2.24, 2.45) is 11.3 Å². The Bertz CT molecular complexity index is 375. The van der Waals surface area contributed by atoms with Crippen LogP contribution in [0, 0.1) is 18.3 Å². The molecule has 1 fully saturated rings. The Hall–Kier alpha value is -0.820. The molecule has 1 nitrogen and oxygen atoms in total. The molecule has 0 saturated heterocycles. The molecule has 0 bridgehead atoms. The van der Waals surface area contributed by atoms with Crippen molar-refractivity contribution in [2.75, 3.05) is 6.54 Å². The highest BCUT2D eigenvalue weighted by Crippen LogP contribution is 2.47. The van der Waals surface area contributed by atoms with Crippen LogP contribution in [0.1, 0.15) is 44.7 Å². The van der Waals surface area contributed by atoms with Gasteiger partial charge >= 0.3 is 0 Å². The number of rotatable bonds is 6. The van der Waals surface area contributed by atoms with Crippen LogP contribution < -0.4 is 5.32 Å². The quantitative estimate of drug-likeness (QED) is 0.800. The first kappa shape index (κ1) is 13.6. The average molecular weight is 245 g/mol. The monoisotopic (exact) mass is 245 g/mol. The maximum absolute atomic E-state index is 3.64. The van der Waals surface area contributed by atoms with Gasteiger partial charge in [-0.05, 0) is 43.1 Å². The molecular formula is C17H27N. The van der Waals surface area contributed by atoms with E-state index in [-0.39, 0.29) is 0 Å². The van der Waals surface area contributed by atoms with Crippen molar-refractivity contribution in [3.8, 4) is 0 Å². The number of hydrogen-bond donors (Lipinski definition) is 1. The highest BCUT2D eigenvalue weighted by molar-refractivity contribution is 5.23. The molecule has 1 saturated carbocycles. The molecule has 1 aliphatic carbocycles. The first-order chi connectivity index (χ1) is 8.49. The third-order valence-electron chi connectivity index (χ3n) is 4.21. The molecule has 1 aromatic carbocycles. The summed E-state index contributed by atoms with van der Waals surface area (Å²) in [6.07, 6.45) is 4.04. The zero-order chi connectivity index (χ0) is 13.2. The van der Waals surface area contributed by atoms with Crippen LogP contribution in [-0.2, 0) is 6.42 Å². The van der Waals surface area contributed by atoms with Gasteiger partial charge in [-0.2, -0.15) is 0 Å². The highest BCUT2D eigenvalue weighted by Gasteiger charge is 2.41. The lowest BCUT2D eigenvalue weighted by Gasteiger charge is -2.31. The summed E-state index contributed by atoms with van der Waals surface area (Å²) in [5.41, 5.74) is 3.27. The first-order valence-corrected chi connectivity index (χ1v) is 7.28. The van der Waals surface area contributed by atoms with Crippen LogP contribution in [0.2, 0.25) is 0 Å². The number of nitrogens with one attached hydrogen (secondary N) is 1. The van der Waals surface area contributed by atoms with Gasteiger partial charge in [-0.15, -0.1) is 0 Å². The molecule has 0 aromatic heterocycles. The van der Waals surface area contributed by atoms with E-state index in [1.165, 1.54) is 30.4 Å². The fourth-order valence-corrected chi connectivity index (χ4v) is 2.74. The minimum Gasteiger partial charge on any atom is -0.314 e. The van der Waals surface area contributed by atoms with Crippen molar-refractivity contribution in [1.29, 1.82) is 0 Å². The van der Waals surface area contributed by atoms with Gasteiger partial charge in [0.05, 0.1) is 0 Å². The Labute approximate surface area is 112 Å². The summed E-state index contributed by atoms with van der Waals surface area (Å²) in [7, 11) is 0. The van der Waals surface area contributed by atoms with E-state index in [4.69, 9.17) is 0 Å².